The lowest BCUT2D eigenvalue weighted by Crippen LogP contribution is -2.10. The van der Waals surface area contributed by atoms with Crippen molar-refractivity contribution in [2.75, 3.05) is 20.4 Å². The molecule has 1 heterocycles. The lowest BCUT2D eigenvalue weighted by Gasteiger charge is -2.12. The number of carbonyl (C=O) groups excluding carboxylic acids is 1. The first kappa shape index (κ1) is 13.5. The van der Waals surface area contributed by atoms with E-state index in [9.17, 15) is 9.36 Å². The third-order valence-electron chi connectivity index (χ3n) is 3.10. The topological polar surface area (TPSA) is 81.3 Å². The molecule has 0 unspecified atom stereocenters. The van der Waals surface area contributed by atoms with E-state index in [4.69, 9.17) is 9.05 Å². The van der Waals surface area contributed by atoms with E-state index in [1.165, 1.54) is 33.3 Å². The molecule has 1 aliphatic rings. The molecule has 6 nitrogen and oxygen atoms in total. The van der Waals surface area contributed by atoms with Gasteiger partial charge in [-0.05, 0) is 25.2 Å². The molecule has 18 heavy (non-hydrogen) atoms. The van der Waals surface area contributed by atoms with E-state index in [-0.39, 0.29) is 11.9 Å². The van der Waals surface area contributed by atoms with Crippen LogP contribution in [0.2, 0.25) is 0 Å². The number of rotatable bonds is 7. The third kappa shape index (κ3) is 3.07. The second-order valence-electron chi connectivity index (χ2n) is 4.47. The average molecular weight is 272 g/mol. The molecule has 1 N–H and O–H groups in total. The van der Waals surface area contributed by atoms with Crippen molar-refractivity contribution in [3.05, 3.63) is 17.5 Å². The molecule has 1 saturated carbocycles. The van der Waals surface area contributed by atoms with Gasteiger partial charge in [0.05, 0.1) is 11.8 Å². The largest absolute Gasteiger partial charge is 0.337 e. The lowest BCUT2D eigenvalue weighted by atomic mass is 10.1. The molecule has 0 spiro atoms. The van der Waals surface area contributed by atoms with Crippen molar-refractivity contribution in [1.29, 1.82) is 0 Å². The van der Waals surface area contributed by atoms with Crippen LogP contribution in [-0.2, 0) is 20.0 Å². The molecule has 0 aromatic carbocycles. The number of carbonyl (C=O) groups is 1. The van der Waals surface area contributed by atoms with Crippen molar-refractivity contribution in [3.8, 4) is 0 Å². The highest BCUT2D eigenvalue weighted by Gasteiger charge is 2.30. The Bertz CT molecular complexity index is 473. The van der Waals surface area contributed by atoms with Crippen LogP contribution in [0.4, 0.5) is 0 Å². The normalized spacial score (nSPS) is 15.9. The van der Waals surface area contributed by atoms with E-state index in [0.29, 0.717) is 11.5 Å². The van der Waals surface area contributed by atoms with Crippen LogP contribution in [0.15, 0.2) is 6.20 Å². The first-order valence-electron chi connectivity index (χ1n) is 5.84. The number of H-pyrrole nitrogens is 1. The maximum absolute atomic E-state index is 12.1. The molecule has 1 aromatic rings. The monoisotopic (exact) mass is 272 g/mol. The van der Waals surface area contributed by atoms with Crippen LogP contribution in [-0.4, -0.2) is 36.4 Å². The van der Waals surface area contributed by atoms with Crippen LogP contribution < -0.4 is 0 Å². The average Bonchev–Trinajstić information content (AvgIpc) is 3.05. The van der Waals surface area contributed by atoms with E-state index in [0.717, 1.165) is 12.1 Å². The smallest absolute Gasteiger partial charge is 0.312 e. The van der Waals surface area contributed by atoms with E-state index in [2.05, 4.69) is 10.2 Å². The summed E-state index contributed by atoms with van der Waals surface area (Å²) in [4.78, 5) is 12.1. The fourth-order valence-electron chi connectivity index (χ4n) is 1.78. The summed E-state index contributed by atoms with van der Waals surface area (Å²) in [5.74, 6) is 0.389. The number of hydrogen-bond acceptors (Lipinski definition) is 5. The van der Waals surface area contributed by atoms with Crippen molar-refractivity contribution in [2.45, 2.75) is 19.3 Å². The summed E-state index contributed by atoms with van der Waals surface area (Å²) < 4.78 is 21.4. The Hall–Kier alpha value is -0.970. The molecule has 2 rings (SSSR count). The number of hydrogen-bond donors (Lipinski definition) is 1. The van der Waals surface area contributed by atoms with Crippen LogP contribution in [0, 0.1) is 5.92 Å². The Morgan fingerprint density at radius 3 is 2.72 bits per heavy atom. The van der Waals surface area contributed by atoms with Crippen molar-refractivity contribution < 1.29 is 18.4 Å². The van der Waals surface area contributed by atoms with Gasteiger partial charge in [-0.2, -0.15) is 5.10 Å². The fourth-order valence-corrected chi connectivity index (χ4v) is 2.71. The molecule has 1 fully saturated rings. The molecule has 0 amide bonds. The predicted octanol–water partition coefficient (Wildman–Crippen LogP) is 2.03. The minimum atomic E-state index is -3.31. The Morgan fingerprint density at radius 1 is 1.50 bits per heavy atom. The zero-order valence-corrected chi connectivity index (χ0v) is 11.4. The SMILES string of the molecule is COP(=O)(CC(=O)c1cn[nH]c1CC1CC1)OC. The molecule has 0 bridgehead atoms. The summed E-state index contributed by atoms with van der Waals surface area (Å²) in [6, 6.07) is 0. The summed E-state index contributed by atoms with van der Waals surface area (Å²) in [6.07, 6.45) is 4.45. The predicted molar refractivity (Wildman–Crippen MR) is 65.8 cm³/mol. The van der Waals surface area contributed by atoms with Crippen LogP contribution >= 0.6 is 7.60 Å². The van der Waals surface area contributed by atoms with Crippen molar-refractivity contribution in [2.24, 2.45) is 5.92 Å². The van der Waals surface area contributed by atoms with Gasteiger partial charge in [-0.25, -0.2) is 0 Å². The van der Waals surface area contributed by atoms with E-state index >= 15 is 0 Å². The molecular weight excluding hydrogens is 255 g/mol. The number of aromatic nitrogens is 2. The van der Waals surface area contributed by atoms with Crippen molar-refractivity contribution in [1.82, 2.24) is 10.2 Å². The molecule has 0 radical (unpaired) electrons. The number of Topliss-reactive ketones (excluding diaryl/α,β-unsaturated/α-hetero) is 1. The molecule has 1 aliphatic carbocycles. The van der Waals surface area contributed by atoms with Gasteiger partial charge in [0.25, 0.3) is 0 Å². The molecule has 100 valence electrons. The van der Waals surface area contributed by atoms with Crippen molar-refractivity contribution in [3.63, 3.8) is 0 Å². The maximum Gasteiger partial charge on any atom is 0.337 e. The zero-order chi connectivity index (χ0) is 13.2. The number of nitrogens with zero attached hydrogens (tertiary/aromatic N) is 1. The lowest BCUT2D eigenvalue weighted by molar-refractivity contribution is 0.101. The fraction of sp³-hybridized carbons (Fsp3) is 0.636. The summed E-state index contributed by atoms with van der Waals surface area (Å²) in [6.45, 7) is 0. The van der Waals surface area contributed by atoms with Gasteiger partial charge in [-0.1, -0.05) is 0 Å². The highest BCUT2D eigenvalue weighted by atomic mass is 31.2. The molecule has 0 aliphatic heterocycles. The van der Waals surface area contributed by atoms with Crippen molar-refractivity contribution >= 4 is 13.4 Å². The Balaban J connectivity index is 2.08. The molecule has 7 heteroatoms. The molecule has 0 atom stereocenters. The maximum atomic E-state index is 12.1. The second kappa shape index (κ2) is 5.34. The Labute approximate surface area is 106 Å². The van der Waals surface area contributed by atoms with Gasteiger partial charge in [-0.3, -0.25) is 14.5 Å². The van der Waals surface area contributed by atoms with E-state index in [1.54, 1.807) is 0 Å². The van der Waals surface area contributed by atoms with Gasteiger partial charge in [-0.15, -0.1) is 0 Å². The van der Waals surface area contributed by atoms with Gasteiger partial charge in [0, 0.05) is 19.9 Å². The number of ketones is 1. The van der Waals surface area contributed by atoms with E-state index < -0.39 is 7.60 Å². The molecule has 1 aromatic heterocycles. The van der Waals surface area contributed by atoms with Crippen LogP contribution in [0.3, 0.4) is 0 Å². The Morgan fingerprint density at radius 2 is 2.17 bits per heavy atom. The minimum Gasteiger partial charge on any atom is -0.312 e. The standard InChI is InChI=1S/C11H17N2O4P/c1-16-18(15,17-2)7-11(14)9-6-12-13-10(9)5-8-3-4-8/h6,8H,3-5,7H2,1-2H3,(H,12,13). The number of nitrogens with one attached hydrogen (secondary N) is 1. The summed E-state index contributed by atoms with van der Waals surface area (Å²) in [5, 5.41) is 6.73. The first-order valence-corrected chi connectivity index (χ1v) is 7.56. The van der Waals surface area contributed by atoms with Crippen LogP contribution in [0.1, 0.15) is 28.9 Å². The van der Waals surface area contributed by atoms with Gasteiger partial charge in [0.15, 0.2) is 5.78 Å². The highest BCUT2D eigenvalue weighted by molar-refractivity contribution is 7.54. The van der Waals surface area contributed by atoms with Gasteiger partial charge >= 0.3 is 7.60 Å². The summed E-state index contributed by atoms with van der Waals surface area (Å²) in [7, 11) is -0.756. The quantitative estimate of drug-likeness (QED) is 0.606. The van der Waals surface area contributed by atoms with Gasteiger partial charge in [0.2, 0.25) is 0 Å². The van der Waals surface area contributed by atoms with Gasteiger partial charge < -0.3 is 9.05 Å². The van der Waals surface area contributed by atoms with E-state index in [1.807, 2.05) is 0 Å². The second-order valence-corrected chi connectivity index (χ2v) is 6.74. The first-order chi connectivity index (χ1) is 8.58. The molecular formula is C11H17N2O4P. The summed E-state index contributed by atoms with van der Waals surface area (Å²) in [5.41, 5.74) is 1.32. The highest BCUT2D eigenvalue weighted by Crippen LogP contribution is 2.46. The van der Waals surface area contributed by atoms with Crippen LogP contribution in [0.5, 0.6) is 0 Å². The summed E-state index contributed by atoms with van der Waals surface area (Å²) >= 11 is 0. The minimum absolute atomic E-state index is 0.253. The third-order valence-corrected chi connectivity index (χ3v) is 4.89. The Kier molecular flexibility index (Phi) is 4.00. The van der Waals surface area contributed by atoms with Crippen LogP contribution in [0.25, 0.3) is 0 Å². The van der Waals surface area contributed by atoms with Gasteiger partial charge in [0.1, 0.15) is 6.16 Å². The molecule has 0 saturated heterocycles. The zero-order valence-electron chi connectivity index (χ0n) is 10.5. The number of aromatic amines is 1.